The van der Waals surface area contributed by atoms with Gasteiger partial charge in [-0.25, -0.2) is 14.3 Å². The van der Waals surface area contributed by atoms with Crippen molar-refractivity contribution in [2.75, 3.05) is 17.7 Å². The van der Waals surface area contributed by atoms with Gasteiger partial charge in [-0.2, -0.15) is 5.10 Å². The molecule has 166 valence electrons. The number of nitrogens with zero attached hydrogens (tertiary/aromatic N) is 3. The van der Waals surface area contributed by atoms with Gasteiger partial charge in [-0.3, -0.25) is 15.6 Å². The van der Waals surface area contributed by atoms with E-state index in [0.717, 1.165) is 0 Å². The number of anilines is 2. The number of benzene rings is 1. The molecule has 31 heavy (non-hydrogen) atoms. The molecule has 1 atom stereocenters. The molecule has 0 aliphatic carbocycles. The number of urea groups is 1. The summed E-state index contributed by atoms with van der Waals surface area (Å²) in [5.74, 6) is 0.127. The quantitative estimate of drug-likeness (QED) is 0.247. The van der Waals surface area contributed by atoms with Crippen molar-refractivity contribution in [3.05, 3.63) is 46.3 Å². The van der Waals surface area contributed by atoms with Crippen LogP contribution in [0.2, 0.25) is 10.2 Å². The number of hydrogen-bond donors (Lipinski definition) is 5. The standard InChI is InChI=1S/C16H19Cl2N8O4P/c1-8(29-2)15-12(7-21-14-6-13(18)24-26(14)15)23-16(27)22-10-3-9(17)4-11(5-10)30-25-31(19,20)28/h3-8H,1-2H3,(H2,22,23,27)(H5,19,20,25,28)/t8-/m0/s1. The van der Waals surface area contributed by atoms with Gasteiger partial charge in [0, 0.05) is 36.0 Å². The highest BCUT2D eigenvalue weighted by molar-refractivity contribution is 7.56. The average Bonchev–Trinajstić information content (AvgIpc) is 3.04. The van der Waals surface area contributed by atoms with Crippen LogP contribution in [0.3, 0.4) is 0 Å². The lowest BCUT2D eigenvalue weighted by Crippen LogP contribution is -2.25. The molecule has 0 spiro atoms. The fourth-order valence-electron chi connectivity index (χ4n) is 2.63. The first-order valence-corrected chi connectivity index (χ1v) is 11.2. The van der Waals surface area contributed by atoms with Gasteiger partial charge in [-0.1, -0.05) is 28.5 Å². The van der Waals surface area contributed by atoms with E-state index in [4.69, 9.17) is 43.8 Å². The largest absolute Gasteiger partial charge is 0.400 e. The summed E-state index contributed by atoms with van der Waals surface area (Å²) in [6.07, 6.45) is 1.03. The molecule has 0 aliphatic heterocycles. The van der Waals surface area contributed by atoms with Crippen molar-refractivity contribution in [2.24, 2.45) is 11.0 Å². The highest BCUT2D eigenvalue weighted by Gasteiger charge is 2.19. The number of fused-ring (bicyclic) bond motifs is 1. The molecule has 1 aromatic carbocycles. The average molecular weight is 489 g/mol. The van der Waals surface area contributed by atoms with E-state index in [1.54, 1.807) is 13.0 Å². The number of ether oxygens (including phenoxy) is 1. The smallest absolute Gasteiger partial charge is 0.323 e. The van der Waals surface area contributed by atoms with Crippen molar-refractivity contribution < 1.29 is 18.9 Å². The van der Waals surface area contributed by atoms with E-state index < -0.39 is 19.7 Å². The minimum Gasteiger partial charge on any atom is -0.400 e. The van der Waals surface area contributed by atoms with E-state index in [0.29, 0.717) is 17.0 Å². The Morgan fingerprint density at radius 2 is 1.97 bits per heavy atom. The topological polar surface area (TPSA) is 171 Å². The summed E-state index contributed by atoms with van der Waals surface area (Å²) in [5, 5.41) is 12.0. The van der Waals surface area contributed by atoms with E-state index in [-0.39, 0.29) is 21.6 Å². The molecule has 3 rings (SSSR count). The second kappa shape index (κ2) is 9.37. The van der Waals surface area contributed by atoms with E-state index >= 15 is 0 Å². The van der Waals surface area contributed by atoms with Crippen molar-refractivity contribution >= 4 is 53.8 Å². The number of methoxy groups -OCH3 is 1. The molecule has 2 aromatic heterocycles. The normalized spacial score (nSPS) is 12.6. The summed E-state index contributed by atoms with van der Waals surface area (Å²) in [5.41, 5.74) is 12.0. The maximum Gasteiger partial charge on any atom is 0.323 e. The summed E-state index contributed by atoms with van der Waals surface area (Å²) >= 11 is 12.0. The molecule has 12 nitrogen and oxygen atoms in total. The second-order valence-corrected chi connectivity index (χ2v) is 8.75. The summed E-state index contributed by atoms with van der Waals surface area (Å²) in [6.45, 7) is 1.79. The minimum absolute atomic E-state index is 0.127. The highest BCUT2D eigenvalue weighted by atomic mass is 35.5. The van der Waals surface area contributed by atoms with Crippen molar-refractivity contribution in [3.8, 4) is 5.75 Å². The van der Waals surface area contributed by atoms with Crippen LogP contribution in [0, 0.1) is 0 Å². The molecule has 0 fully saturated rings. The second-order valence-electron chi connectivity index (χ2n) is 6.33. The first-order chi connectivity index (χ1) is 14.6. The Morgan fingerprint density at radius 3 is 2.65 bits per heavy atom. The Labute approximate surface area is 186 Å². The third-order valence-electron chi connectivity index (χ3n) is 3.91. The Bertz CT molecular complexity index is 1170. The number of carbonyl (C=O) groups excluding carboxylic acids is 1. The van der Waals surface area contributed by atoms with Gasteiger partial charge < -0.3 is 20.2 Å². The van der Waals surface area contributed by atoms with Gasteiger partial charge in [0.2, 0.25) is 0 Å². The van der Waals surface area contributed by atoms with E-state index in [2.05, 4.69) is 20.7 Å². The van der Waals surface area contributed by atoms with Gasteiger partial charge >= 0.3 is 13.6 Å². The van der Waals surface area contributed by atoms with E-state index in [1.165, 1.54) is 36.0 Å². The van der Waals surface area contributed by atoms with Crippen LogP contribution in [0.15, 0.2) is 30.5 Å². The molecule has 7 N–H and O–H groups in total. The van der Waals surface area contributed by atoms with Crippen LogP contribution in [-0.4, -0.2) is 27.7 Å². The van der Waals surface area contributed by atoms with Crippen LogP contribution in [0.5, 0.6) is 5.75 Å². The number of hydrogen-bond acceptors (Lipinski definition) is 6. The van der Waals surface area contributed by atoms with Crippen LogP contribution in [0.1, 0.15) is 18.7 Å². The van der Waals surface area contributed by atoms with Crippen molar-refractivity contribution in [1.82, 2.24) is 19.8 Å². The maximum absolute atomic E-state index is 12.6. The predicted octanol–water partition coefficient (Wildman–Crippen LogP) is 3.30. The molecular formula is C16H19Cl2N8O4P. The molecule has 0 saturated heterocycles. The Morgan fingerprint density at radius 1 is 1.23 bits per heavy atom. The van der Waals surface area contributed by atoms with Crippen molar-refractivity contribution in [2.45, 2.75) is 13.0 Å². The number of aromatic nitrogens is 3. The molecule has 0 unspecified atom stereocenters. The molecule has 2 heterocycles. The maximum atomic E-state index is 12.6. The van der Waals surface area contributed by atoms with Gasteiger partial charge in [-0.05, 0) is 13.0 Å². The number of carbonyl (C=O) groups is 1. The number of amides is 2. The molecule has 15 heteroatoms. The lowest BCUT2D eigenvalue weighted by Gasteiger charge is -2.17. The molecular weight excluding hydrogens is 470 g/mol. The zero-order chi connectivity index (χ0) is 22.8. The zero-order valence-corrected chi connectivity index (χ0v) is 18.7. The third kappa shape index (κ3) is 6.05. The lowest BCUT2D eigenvalue weighted by molar-refractivity contribution is 0.114. The summed E-state index contributed by atoms with van der Waals surface area (Å²) in [4.78, 5) is 21.9. The van der Waals surface area contributed by atoms with Crippen LogP contribution in [0.4, 0.5) is 16.2 Å². The fourth-order valence-corrected chi connectivity index (χ4v) is 3.27. The van der Waals surface area contributed by atoms with Gasteiger partial charge in [0.25, 0.3) is 0 Å². The van der Waals surface area contributed by atoms with Gasteiger partial charge in [0.15, 0.2) is 16.5 Å². The Hall–Kier alpha value is -2.44. The fraction of sp³-hybridized carbons (Fsp3) is 0.188. The van der Waals surface area contributed by atoms with Crippen molar-refractivity contribution in [3.63, 3.8) is 0 Å². The van der Waals surface area contributed by atoms with Crippen LogP contribution >= 0.6 is 30.8 Å². The highest BCUT2D eigenvalue weighted by Crippen LogP contribution is 2.28. The molecule has 0 saturated carbocycles. The Kier molecular flexibility index (Phi) is 7.02. The van der Waals surface area contributed by atoms with E-state index in [9.17, 15) is 9.36 Å². The first kappa shape index (κ1) is 23.2. The SMILES string of the molecule is CO[C@@H](C)c1c(NC(=O)Nc2cc(Cl)cc(ONP(N)(N)=O)c2)cnc2cc(Cl)nn12. The van der Waals surface area contributed by atoms with E-state index in [1.807, 2.05) is 5.25 Å². The number of halogens is 2. The summed E-state index contributed by atoms with van der Waals surface area (Å²) in [7, 11) is -2.10. The van der Waals surface area contributed by atoms with Gasteiger partial charge in [-0.15, -0.1) is 0 Å². The predicted molar refractivity (Wildman–Crippen MR) is 117 cm³/mol. The Balaban J connectivity index is 1.82. The number of rotatable bonds is 7. The monoisotopic (exact) mass is 488 g/mol. The minimum atomic E-state index is -3.62. The molecule has 0 aliphatic rings. The van der Waals surface area contributed by atoms with Crippen molar-refractivity contribution in [1.29, 1.82) is 0 Å². The van der Waals surface area contributed by atoms with Crippen LogP contribution < -0.4 is 31.7 Å². The van der Waals surface area contributed by atoms with Gasteiger partial charge in [0.05, 0.1) is 23.7 Å². The first-order valence-electron chi connectivity index (χ1n) is 8.62. The number of nitrogens with one attached hydrogen (secondary N) is 3. The third-order valence-corrected chi connectivity index (χ3v) is 4.69. The summed E-state index contributed by atoms with van der Waals surface area (Å²) < 4.78 is 18.2. The molecule has 3 aromatic rings. The summed E-state index contributed by atoms with van der Waals surface area (Å²) in [6, 6.07) is 5.28. The van der Waals surface area contributed by atoms with Gasteiger partial charge in [0.1, 0.15) is 0 Å². The lowest BCUT2D eigenvalue weighted by atomic mass is 10.2. The molecule has 2 amide bonds. The zero-order valence-electron chi connectivity index (χ0n) is 16.3. The molecule has 0 bridgehead atoms. The number of nitrogens with two attached hydrogens (primary N) is 2. The molecule has 0 radical (unpaired) electrons. The van der Waals surface area contributed by atoms with Crippen LogP contribution in [0.25, 0.3) is 5.65 Å². The van der Waals surface area contributed by atoms with Crippen LogP contribution in [-0.2, 0) is 9.30 Å².